The summed E-state index contributed by atoms with van der Waals surface area (Å²) >= 11 is 0. The zero-order valence-corrected chi connectivity index (χ0v) is 13.3. The lowest BCUT2D eigenvalue weighted by Crippen LogP contribution is -2.18. The summed E-state index contributed by atoms with van der Waals surface area (Å²) in [6.07, 6.45) is 1.62. The summed E-state index contributed by atoms with van der Waals surface area (Å²) < 4.78 is 51.5. The Balaban J connectivity index is 1.77. The van der Waals surface area contributed by atoms with Crippen molar-refractivity contribution >= 4 is 0 Å². The highest BCUT2D eigenvalue weighted by Crippen LogP contribution is 2.45. The van der Waals surface area contributed by atoms with Crippen LogP contribution in [0, 0.1) is 22.9 Å². The third kappa shape index (κ3) is 3.82. The molecule has 2 N–H and O–H groups in total. The van der Waals surface area contributed by atoms with E-state index in [1.807, 2.05) is 0 Å². The molecule has 3 rings (SSSR count). The van der Waals surface area contributed by atoms with E-state index in [9.17, 15) is 23.4 Å². The second-order valence-corrected chi connectivity index (χ2v) is 6.19. The van der Waals surface area contributed by atoms with Crippen LogP contribution in [0.4, 0.5) is 13.2 Å². The second kappa shape index (κ2) is 6.84. The smallest absolute Gasteiger partial charge is 0.169 e. The summed E-state index contributed by atoms with van der Waals surface area (Å²) in [4.78, 5) is 0. The Hall–Kier alpha value is -2.41. The second-order valence-electron chi connectivity index (χ2n) is 6.19. The fraction of sp³-hybridized carbons (Fsp3) is 0.333. The highest BCUT2D eigenvalue weighted by atomic mass is 19.2. The molecule has 4 nitrogen and oxygen atoms in total. The van der Waals surface area contributed by atoms with Crippen LogP contribution in [0.25, 0.3) is 0 Å². The van der Waals surface area contributed by atoms with Gasteiger partial charge >= 0.3 is 0 Å². The molecule has 1 saturated carbocycles. The lowest BCUT2D eigenvalue weighted by atomic mass is 10.1. The number of aliphatic hydroxyl groups excluding tert-OH is 1. The van der Waals surface area contributed by atoms with Crippen LogP contribution in [0.1, 0.15) is 18.4 Å². The fourth-order valence-electron chi connectivity index (χ4n) is 2.36. The van der Waals surface area contributed by atoms with Gasteiger partial charge in [0.05, 0.1) is 18.8 Å². The molecule has 0 aliphatic heterocycles. The molecule has 1 aliphatic carbocycles. The van der Waals surface area contributed by atoms with E-state index in [0.717, 1.165) is 31.0 Å². The van der Waals surface area contributed by atoms with Gasteiger partial charge in [-0.3, -0.25) is 0 Å². The number of hydrogen-bond donors (Lipinski definition) is 2. The minimum Gasteiger partial charge on any atom is -0.504 e. The molecule has 25 heavy (non-hydrogen) atoms. The molecule has 1 fully saturated rings. The summed E-state index contributed by atoms with van der Waals surface area (Å²) in [6.45, 7) is -0.264. The van der Waals surface area contributed by atoms with Crippen molar-refractivity contribution in [3.63, 3.8) is 0 Å². The van der Waals surface area contributed by atoms with Gasteiger partial charge in [-0.25, -0.2) is 13.2 Å². The summed E-state index contributed by atoms with van der Waals surface area (Å²) in [5.74, 6) is -3.24. The third-order valence-electron chi connectivity index (χ3n) is 4.27. The molecular weight excluding hydrogens is 337 g/mol. The lowest BCUT2D eigenvalue weighted by Gasteiger charge is -2.17. The first-order valence-electron chi connectivity index (χ1n) is 7.76. The van der Waals surface area contributed by atoms with Crippen LogP contribution in [0.15, 0.2) is 30.3 Å². The summed E-state index contributed by atoms with van der Waals surface area (Å²) in [6, 6.07) is 5.35. The molecule has 0 saturated heterocycles. The largest absolute Gasteiger partial charge is 0.504 e. The molecule has 0 amide bonds. The molecule has 2 aromatic rings. The third-order valence-corrected chi connectivity index (χ3v) is 4.27. The molecule has 0 atom stereocenters. The summed E-state index contributed by atoms with van der Waals surface area (Å²) in [7, 11) is 0. The monoisotopic (exact) mass is 354 g/mol. The predicted molar refractivity (Wildman–Crippen MR) is 83.0 cm³/mol. The predicted octanol–water partition coefficient (Wildman–Crippen LogP) is 3.54. The molecular formula is C18H17F3O4. The van der Waals surface area contributed by atoms with Gasteiger partial charge in [-0.1, -0.05) is 0 Å². The number of phenols is 1. The van der Waals surface area contributed by atoms with Crippen molar-refractivity contribution in [3.8, 4) is 17.2 Å². The maximum Gasteiger partial charge on any atom is 0.169 e. The number of halogens is 3. The first-order chi connectivity index (χ1) is 11.9. The minimum atomic E-state index is -1.12. The van der Waals surface area contributed by atoms with Crippen LogP contribution in [-0.2, 0) is 6.61 Å². The number of hydrogen-bond acceptors (Lipinski definition) is 4. The van der Waals surface area contributed by atoms with E-state index in [2.05, 4.69) is 0 Å². The molecule has 0 radical (unpaired) electrons. The van der Waals surface area contributed by atoms with E-state index in [1.54, 1.807) is 0 Å². The van der Waals surface area contributed by atoms with E-state index < -0.39 is 29.8 Å². The zero-order valence-electron chi connectivity index (χ0n) is 13.3. The highest BCUT2D eigenvalue weighted by molar-refractivity contribution is 5.40. The highest BCUT2D eigenvalue weighted by Gasteiger charge is 2.43. The minimum absolute atomic E-state index is 0.0358. The van der Waals surface area contributed by atoms with Crippen LogP contribution < -0.4 is 9.47 Å². The molecule has 134 valence electrons. The van der Waals surface area contributed by atoms with Crippen molar-refractivity contribution in [1.29, 1.82) is 0 Å². The van der Waals surface area contributed by atoms with Crippen molar-refractivity contribution in [2.45, 2.75) is 19.4 Å². The first kappa shape index (κ1) is 17.4. The van der Waals surface area contributed by atoms with Crippen LogP contribution in [0.3, 0.4) is 0 Å². The molecule has 0 spiro atoms. The van der Waals surface area contributed by atoms with Gasteiger partial charge in [0, 0.05) is 11.5 Å². The molecule has 0 aromatic heterocycles. The van der Waals surface area contributed by atoms with E-state index >= 15 is 0 Å². The van der Waals surface area contributed by atoms with E-state index in [1.165, 1.54) is 12.1 Å². The van der Waals surface area contributed by atoms with Gasteiger partial charge in [0.25, 0.3) is 0 Å². The number of aliphatic hydroxyl groups is 1. The maximum atomic E-state index is 14.1. The number of aromatic hydroxyl groups is 1. The standard InChI is InChI=1S/C18H17F3O4/c19-11-1-3-16(14(23)7-11)24-8-12-15(4-2-13(20)17(12)21)25-10-18(9-22)5-6-18/h1-4,7,22-23H,5-6,8-10H2. The Morgan fingerprint density at radius 2 is 1.72 bits per heavy atom. The van der Waals surface area contributed by atoms with Crippen LogP contribution in [-0.4, -0.2) is 23.4 Å². The molecule has 0 bridgehead atoms. The van der Waals surface area contributed by atoms with Gasteiger partial charge in [0.1, 0.15) is 18.2 Å². The number of ether oxygens (including phenoxy) is 2. The number of benzene rings is 2. The Morgan fingerprint density at radius 3 is 2.36 bits per heavy atom. The molecule has 7 heteroatoms. The van der Waals surface area contributed by atoms with E-state index in [0.29, 0.717) is 0 Å². The Morgan fingerprint density at radius 1 is 1.00 bits per heavy atom. The summed E-state index contributed by atoms with van der Waals surface area (Å²) in [5.41, 5.74) is -0.476. The number of rotatable bonds is 7. The van der Waals surface area contributed by atoms with Crippen LogP contribution in [0.2, 0.25) is 0 Å². The Kier molecular flexibility index (Phi) is 4.76. The molecule has 1 aliphatic rings. The van der Waals surface area contributed by atoms with Crippen molar-refractivity contribution in [2.24, 2.45) is 5.41 Å². The molecule has 0 heterocycles. The van der Waals surface area contributed by atoms with Gasteiger partial charge in [-0.05, 0) is 37.1 Å². The van der Waals surface area contributed by atoms with Gasteiger partial charge in [-0.15, -0.1) is 0 Å². The van der Waals surface area contributed by atoms with Gasteiger partial charge < -0.3 is 19.7 Å². The van der Waals surface area contributed by atoms with Gasteiger partial charge in [0.2, 0.25) is 0 Å². The normalized spacial score (nSPS) is 15.0. The van der Waals surface area contributed by atoms with Crippen molar-refractivity contribution in [3.05, 3.63) is 53.3 Å². The Labute approximate surface area is 142 Å². The topological polar surface area (TPSA) is 58.9 Å². The fourth-order valence-corrected chi connectivity index (χ4v) is 2.36. The van der Waals surface area contributed by atoms with Crippen molar-refractivity contribution < 1.29 is 32.9 Å². The van der Waals surface area contributed by atoms with Crippen molar-refractivity contribution in [1.82, 2.24) is 0 Å². The zero-order chi connectivity index (χ0) is 18.0. The first-order valence-corrected chi connectivity index (χ1v) is 7.76. The maximum absolute atomic E-state index is 14.1. The Bertz CT molecular complexity index is 775. The summed E-state index contributed by atoms with van der Waals surface area (Å²) in [5, 5.41) is 18.9. The van der Waals surface area contributed by atoms with Crippen LogP contribution >= 0.6 is 0 Å². The molecule has 2 aromatic carbocycles. The number of phenolic OH excluding ortho intramolecular Hbond substituents is 1. The van der Waals surface area contributed by atoms with Crippen molar-refractivity contribution in [2.75, 3.05) is 13.2 Å². The van der Waals surface area contributed by atoms with Crippen LogP contribution in [0.5, 0.6) is 17.2 Å². The average molecular weight is 354 g/mol. The van der Waals surface area contributed by atoms with E-state index in [-0.39, 0.29) is 35.7 Å². The average Bonchev–Trinajstić information content (AvgIpc) is 3.37. The SMILES string of the molecule is OCC1(COc2ccc(F)c(F)c2COc2ccc(F)cc2O)CC1. The van der Waals surface area contributed by atoms with E-state index in [4.69, 9.17) is 9.47 Å². The lowest BCUT2D eigenvalue weighted by molar-refractivity contribution is 0.144. The molecule has 0 unspecified atom stereocenters. The van der Waals surface area contributed by atoms with Gasteiger partial charge in [-0.2, -0.15) is 0 Å². The quantitative estimate of drug-likeness (QED) is 0.799. The van der Waals surface area contributed by atoms with Gasteiger partial charge in [0.15, 0.2) is 23.1 Å².